The number of nitrogens with two attached hydrogens (primary N) is 1. The Labute approximate surface area is 237 Å². The predicted molar refractivity (Wildman–Crippen MR) is 150 cm³/mol. The maximum atomic E-state index is 12.5. The summed E-state index contributed by atoms with van der Waals surface area (Å²) < 4.78 is 21.5. The summed E-state index contributed by atoms with van der Waals surface area (Å²) in [5.41, 5.74) is 6.25. The fraction of sp³-hybridized carbons (Fsp3) is 0.667. The number of hydrogen-bond donors (Lipinski definition) is 2. The standard InChI is InChI=1S/C30H47NO9/c1-7-9-11-13-24(32)39-22-16-15-21(17-23(22)40-25(33)14-12-10-8-2)26(27(31)28(34)35)20(3)18-37-29(36)38-19-30(4,5)6/h15-17,20,26-27H,7-14,18-19,31H2,1-6H3,(H,34,35)/t20?,26?,27-/m0/s1. The topological polar surface area (TPSA) is 151 Å². The molecular formula is C30H47NO9. The molecule has 10 nitrogen and oxygen atoms in total. The Kier molecular flexibility index (Phi) is 15.3. The molecule has 0 saturated carbocycles. The molecule has 0 aliphatic rings. The lowest BCUT2D eigenvalue weighted by Gasteiger charge is -2.28. The van der Waals surface area contributed by atoms with E-state index in [4.69, 9.17) is 24.7 Å². The number of carboxylic acids is 1. The van der Waals surface area contributed by atoms with Crippen molar-refractivity contribution in [3.05, 3.63) is 23.8 Å². The zero-order valence-electron chi connectivity index (χ0n) is 24.8. The molecule has 0 heterocycles. The van der Waals surface area contributed by atoms with E-state index < -0.39 is 41.9 Å². The van der Waals surface area contributed by atoms with Crippen LogP contribution in [0.5, 0.6) is 11.5 Å². The minimum atomic E-state index is -1.36. The molecule has 0 bridgehead atoms. The first kappa shape index (κ1) is 34.9. The van der Waals surface area contributed by atoms with E-state index in [2.05, 4.69) is 0 Å². The molecule has 0 radical (unpaired) electrons. The minimum absolute atomic E-state index is 0.00290. The van der Waals surface area contributed by atoms with Crippen molar-refractivity contribution >= 4 is 24.1 Å². The Hall–Kier alpha value is -3.14. The Morgan fingerprint density at radius 2 is 1.43 bits per heavy atom. The molecule has 1 aromatic rings. The highest BCUT2D eigenvalue weighted by atomic mass is 16.7. The van der Waals surface area contributed by atoms with E-state index in [0.717, 1.165) is 25.7 Å². The van der Waals surface area contributed by atoms with Crippen molar-refractivity contribution in [2.24, 2.45) is 17.1 Å². The number of hydrogen-bond acceptors (Lipinski definition) is 9. The maximum absolute atomic E-state index is 12.5. The molecule has 1 aromatic carbocycles. The second kappa shape index (κ2) is 17.5. The summed E-state index contributed by atoms with van der Waals surface area (Å²) in [6, 6.07) is 3.15. The SMILES string of the molecule is CCCCCC(=O)Oc1ccc(C(C(C)COC(=O)OCC(C)(C)C)[C@H](N)C(=O)O)cc1OC(=O)CCCCC. The summed E-state index contributed by atoms with van der Waals surface area (Å²) >= 11 is 0. The molecule has 0 amide bonds. The first-order valence-corrected chi connectivity index (χ1v) is 14.1. The van der Waals surface area contributed by atoms with E-state index in [1.54, 1.807) is 13.0 Å². The van der Waals surface area contributed by atoms with Gasteiger partial charge >= 0.3 is 24.1 Å². The van der Waals surface area contributed by atoms with Crippen molar-refractivity contribution in [1.29, 1.82) is 0 Å². The van der Waals surface area contributed by atoms with E-state index in [1.165, 1.54) is 12.1 Å². The molecule has 0 fully saturated rings. The second-order valence-corrected chi connectivity index (χ2v) is 11.3. The predicted octanol–water partition coefficient (Wildman–Crippen LogP) is 5.99. The number of ether oxygens (including phenoxy) is 4. The Morgan fingerprint density at radius 1 is 0.875 bits per heavy atom. The minimum Gasteiger partial charge on any atom is -0.480 e. The molecule has 2 unspecified atom stereocenters. The van der Waals surface area contributed by atoms with Crippen molar-refractivity contribution in [2.45, 2.75) is 105 Å². The van der Waals surface area contributed by atoms with Gasteiger partial charge < -0.3 is 29.8 Å². The highest BCUT2D eigenvalue weighted by molar-refractivity contribution is 5.77. The van der Waals surface area contributed by atoms with Gasteiger partial charge in [0.1, 0.15) is 6.04 Å². The Balaban J connectivity index is 3.23. The zero-order valence-corrected chi connectivity index (χ0v) is 24.8. The van der Waals surface area contributed by atoms with Gasteiger partial charge in [-0.2, -0.15) is 0 Å². The molecule has 226 valence electrons. The zero-order chi connectivity index (χ0) is 30.3. The molecule has 40 heavy (non-hydrogen) atoms. The van der Waals surface area contributed by atoms with Crippen LogP contribution < -0.4 is 15.2 Å². The van der Waals surface area contributed by atoms with Crippen molar-refractivity contribution in [3.8, 4) is 11.5 Å². The summed E-state index contributed by atoms with van der Waals surface area (Å²) in [6.07, 6.45) is 4.47. The van der Waals surface area contributed by atoms with Crippen molar-refractivity contribution in [1.82, 2.24) is 0 Å². The van der Waals surface area contributed by atoms with E-state index >= 15 is 0 Å². The number of aliphatic carboxylic acids is 1. The number of rotatable bonds is 17. The van der Waals surface area contributed by atoms with Crippen molar-refractivity contribution in [2.75, 3.05) is 13.2 Å². The van der Waals surface area contributed by atoms with Crippen LogP contribution in [0.3, 0.4) is 0 Å². The van der Waals surface area contributed by atoms with Crippen LogP contribution in [0.25, 0.3) is 0 Å². The number of carbonyl (C=O) groups is 4. The molecule has 10 heteroatoms. The van der Waals surface area contributed by atoms with Crippen LogP contribution in [0, 0.1) is 11.3 Å². The van der Waals surface area contributed by atoms with Crippen LogP contribution in [-0.2, 0) is 23.9 Å². The average molecular weight is 566 g/mol. The number of carbonyl (C=O) groups excluding carboxylic acids is 3. The van der Waals surface area contributed by atoms with Crippen LogP contribution in [0.15, 0.2) is 18.2 Å². The van der Waals surface area contributed by atoms with Gasteiger partial charge in [-0.05, 0) is 41.9 Å². The lowest BCUT2D eigenvalue weighted by atomic mass is 9.82. The monoisotopic (exact) mass is 565 g/mol. The number of esters is 2. The first-order chi connectivity index (χ1) is 18.8. The first-order valence-electron chi connectivity index (χ1n) is 14.1. The molecule has 0 spiro atoms. The van der Waals surface area contributed by atoms with Gasteiger partial charge in [0.15, 0.2) is 11.5 Å². The van der Waals surface area contributed by atoms with Crippen LogP contribution in [-0.4, -0.2) is 48.4 Å². The smallest absolute Gasteiger partial charge is 0.480 e. The second-order valence-electron chi connectivity index (χ2n) is 11.3. The van der Waals surface area contributed by atoms with Gasteiger partial charge in [0.2, 0.25) is 0 Å². The average Bonchev–Trinajstić information content (AvgIpc) is 2.87. The van der Waals surface area contributed by atoms with Gasteiger partial charge in [-0.1, -0.05) is 73.3 Å². The number of carboxylic acid groups (broad SMARTS) is 1. The highest BCUT2D eigenvalue weighted by Crippen LogP contribution is 2.36. The summed E-state index contributed by atoms with van der Waals surface area (Å²) in [7, 11) is 0. The fourth-order valence-corrected chi connectivity index (χ4v) is 3.95. The van der Waals surface area contributed by atoms with Gasteiger partial charge in [0.05, 0.1) is 13.2 Å². The largest absolute Gasteiger partial charge is 0.508 e. The molecule has 1 rings (SSSR count). The molecule has 0 aromatic heterocycles. The van der Waals surface area contributed by atoms with Gasteiger partial charge in [-0.15, -0.1) is 0 Å². The summed E-state index contributed by atoms with van der Waals surface area (Å²) in [5.74, 6) is -3.53. The molecule has 0 saturated heterocycles. The number of unbranched alkanes of at least 4 members (excludes halogenated alkanes) is 4. The van der Waals surface area contributed by atoms with Crippen LogP contribution in [0.2, 0.25) is 0 Å². The molecule has 0 aliphatic carbocycles. The van der Waals surface area contributed by atoms with Crippen LogP contribution in [0.4, 0.5) is 4.79 Å². The van der Waals surface area contributed by atoms with Gasteiger partial charge in [0.25, 0.3) is 0 Å². The number of benzene rings is 1. The van der Waals surface area contributed by atoms with Gasteiger partial charge in [-0.25, -0.2) is 4.79 Å². The Morgan fingerprint density at radius 3 is 1.93 bits per heavy atom. The fourth-order valence-electron chi connectivity index (χ4n) is 3.95. The lowest BCUT2D eigenvalue weighted by molar-refractivity contribution is -0.139. The summed E-state index contributed by atoms with van der Waals surface area (Å²) in [6.45, 7) is 11.5. The quantitative estimate of drug-likeness (QED) is 0.131. The molecule has 3 atom stereocenters. The van der Waals surface area contributed by atoms with E-state index in [-0.39, 0.29) is 43.0 Å². The molecule has 0 aliphatic heterocycles. The third-order valence-electron chi connectivity index (χ3n) is 6.14. The Bertz CT molecular complexity index is 970. The molecule has 3 N–H and O–H groups in total. The third-order valence-corrected chi connectivity index (χ3v) is 6.14. The van der Waals surface area contributed by atoms with E-state index in [9.17, 15) is 24.3 Å². The van der Waals surface area contributed by atoms with Gasteiger partial charge in [-0.3, -0.25) is 14.4 Å². The normalized spacial score (nSPS) is 13.6. The lowest BCUT2D eigenvalue weighted by Crippen LogP contribution is -2.40. The summed E-state index contributed by atoms with van der Waals surface area (Å²) in [4.78, 5) is 48.9. The molecular weight excluding hydrogens is 518 g/mol. The third kappa shape index (κ3) is 13.3. The maximum Gasteiger partial charge on any atom is 0.508 e. The van der Waals surface area contributed by atoms with Crippen LogP contribution >= 0.6 is 0 Å². The highest BCUT2D eigenvalue weighted by Gasteiger charge is 2.33. The summed E-state index contributed by atoms with van der Waals surface area (Å²) in [5, 5.41) is 9.71. The van der Waals surface area contributed by atoms with Gasteiger partial charge in [0, 0.05) is 18.8 Å². The van der Waals surface area contributed by atoms with E-state index in [0.29, 0.717) is 18.4 Å². The van der Waals surface area contributed by atoms with Crippen molar-refractivity contribution < 1.29 is 43.2 Å². The van der Waals surface area contributed by atoms with Crippen molar-refractivity contribution in [3.63, 3.8) is 0 Å². The van der Waals surface area contributed by atoms with E-state index in [1.807, 2.05) is 34.6 Å². The van der Waals surface area contributed by atoms with Crippen LogP contribution in [0.1, 0.15) is 104 Å².